The number of fused-ring (bicyclic) bond motifs is 1. The highest BCUT2D eigenvalue weighted by molar-refractivity contribution is 6.22. The van der Waals surface area contributed by atoms with Gasteiger partial charge in [-0.2, -0.15) is 0 Å². The molecule has 4 nitrogen and oxygen atoms in total. The number of benzene rings is 1. The Morgan fingerprint density at radius 2 is 1.45 bits per heavy atom. The predicted molar refractivity (Wildman–Crippen MR) is 71.1 cm³/mol. The second-order valence-electron chi connectivity index (χ2n) is 5.55. The minimum atomic E-state index is -4.77. The molecule has 2 fully saturated rings. The summed E-state index contributed by atoms with van der Waals surface area (Å²) in [7, 11) is 0. The molecule has 1 heterocycles. The molecule has 1 aliphatic carbocycles. The molecular weight excluding hydrogens is 299 g/mol. The van der Waals surface area contributed by atoms with Crippen molar-refractivity contribution in [2.24, 2.45) is 11.8 Å². The van der Waals surface area contributed by atoms with E-state index in [1.54, 1.807) is 0 Å². The van der Waals surface area contributed by atoms with Crippen molar-refractivity contribution in [3.05, 3.63) is 24.3 Å². The van der Waals surface area contributed by atoms with E-state index in [1.807, 2.05) is 0 Å². The van der Waals surface area contributed by atoms with Gasteiger partial charge < -0.3 is 4.74 Å². The first-order valence-electron chi connectivity index (χ1n) is 7.10. The summed E-state index contributed by atoms with van der Waals surface area (Å²) in [6.45, 7) is 0. The predicted octanol–water partition coefficient (Wildman–Crippen LogP) is 3.26. The van der Waals surface area contributed by atoms with Crippen LogP contribution in [0.3, 0.4) is 0 Å². The minimum absolute atomic E-state index is 0.251. The highest BCUT2D eigenvalue weighted by Gasteiger charge is 2.48. The number of amides is 2. The standard InChI is InChI=1S/C15H14F3NO3/c16-15(17,18)22-10-7-5-9(6-8-10)19-13(20)11-3-1-2-4-12(11)14(19)21/h5-8,11-12H,1-4H2. The Morgan fingerprint density at radius 1 is 0.955 bits per heavy atom. The van der Waals surface area contributed by atoms with Crippen LogP contribution in [-0.2, 0) is 9.59 Å². The lowest BCUT2D eigenvalue weighted by Crippen LogP contribution is -2.30. The van der Waals surface area contributed by atoms with Gasteiger partial charge in [0.1, 0.15) is 5.75 Å². The van der Waals surface area contributed by atoms with Crippen molar-refractivity contribution in [1.82, 2.24) is 0 Å². The molecule has 0 spiro atoms. The number of carbonyl (C=O) groups is 2. The Kier molecular flexibility index (Phi) is 3.58. The largest absolute Gasteiger partial charge is 0.573 e. The second kappa shape index (κ2) is 5.30. The Balaban J connectivity index is 1.82. The van der Waals surface area contributed by atoms with Gasteiger partial charge in [-0.3, -0.25) is 14.5 Å². The molecule has 22 heavy (non-hydrogen) atoms. The lowest BCUT2D eigenvalue weighted by Gasteiger charge is -2.19. The first-order valence-corrected chi connectivity index (χ1v) is 7.10. The van der Waals surface area contributed by atoms with Crippen LogP contribution in [0.4, 0.5) is 18.9 Å². The molecule has 1 aromatic carbocycles. The van der Waals surface area contributed by atoms with Gasteiger partial charge in [-0.25, -0.2) is 0 Å². The number of nitrogens with zero attached hydrogens (tertiary/aromatic N) is 1. The molecule has 118 valence electrons. The molecule has 0 radical (unpaired) electrons. The zero-order valence-electron chi connectivity index (χ0n) is 11.6. The Hall–Kier alpha value is -2.05. The Bertz CT molecular complexity index is 573. The van der Waals surface area contributed by atoms with Crippen LogP contribution < -0.4 is 9.64 Å². The molecule has 1 saturated carbocycles. The highest BCUT2D eigenvalue weighted by Crippen LogP contribution is 2.40. The van der Waals surface area contributed by atoms with E-state index in [2.05, 4.69) is 4.74 Å². The Labute approximate surface area is 124 Å². The van der Waals surface area contributed by atoms with Gasteiger partial charge in [0.15, 0.2) is 0 Å². The maximum absolute atomic E-state index is 12.4. The summed E-state index contributed by atoms with van der Waals surface area (Å²) in [5.74, 6) is -1.45. The van der Waals surface area contributed by atoms with Crippen molar-refractivity contribution in [2.75, 3.05) is 4.90 Å². The maximum atomic E-state index is 12.4. The number of ether oxygens (including phenoxy) is 1. The van der Waals surface area contributed by atoms with Crippen LogP contribution in [0, 0.1) is 11.8 Å². The maximum Gasteiger partial charge on any atom is 0.573 e. The SMILES string of the molecule is O=C1C2CCCCC2C(=O)N1c1ccc(OC(F)(F)F)cc1. The number of anilines is 1. The number of hydrogen-bond donors (Lipinski definition) is 0. The van der Waals surface area contributed by atoms with Gasteiger partial charge >= 0.3 is 6.36 Å². The van der Waals surface area contributed by atoms with Gasteiger partial charge in [0, 0.05) is 0 Å². The third-order valence-corrected chi connectivity index (χ3v) is 4.17. The first-order chi connectivity index (χ1) is 10.4. The van der Waals surface area contributed by atoms with E-state index in [0.29, 0.717) is 18.5 Å². The van der Waals surface area contributed by atoms with Gasteiger partial charge in [0.2, 0.25) is 11.8 Å². The number of hydrogen-bond acceptors (Lipinski definition) is 3. The van der Waals surface area contributed by atoms with Crippen LogP contribution >= 0.6 is 0 Å². The van der Waals surface area contributed by atoms with Crippen molar-refractivity contribution < 1.29 is 27.5 Å². The van der Waals surface area contributed by atoms with Crippen LogP contribution in [0.1, 0.15) is 25.7 Å². The number of halogens is 3. The summed E-state index contributed by atoms with van der Waals surface area (Å²) >= 11 is 0. The van der Waals surface area contributed by atoms with E-state index < -0.39 is 6.36 Å². The topological polar surface area (TPSA) is 46.6 Å². The van der Waals surface area contributed by atoms with E-state index >= 15 is 0 Å². The lowest BCUT2D eigenvalue weighted by atomic mass is 9.81. The van der Waals surface area contributed by atoms with Crippen LogP contribution in [0.2, 0.25) is 0 Å². The van der Waals surface area contributed by atoms with Crippen molar-refractivity contribution in [3.8, 4) is 5.75 Å². The fraction of sp³-hybridized carbons (Fsp3) is 0.467. The zero-order chi connectivity index (χ0) is 15.9. The summed E-state index contributed by atoms with van der Waals surface area (Å²) < 4.78 is 40.2. The molecule has 0 N–H and O–H groups in total. The number of carbonyl (C=O) groups excluding carboxylic acids is 2. The van der Waals surface area contributed by atoms with E-state index in [1.165, 1.54) is 12.1 Å². The number of imide groups is 1. The molecule has 2 aliphatic rings. The van der Waals surface area contributed by atoms with Gasteiger partial charge in [-0.1, -0.05) is 12.8 Å². The molecule has 2 amide bonds. The second-order valence-corrected chi connectivity index (χ2v) is 5.55. The molecule has 1 saturated heterocycles. The number of rotatable bonds is 2. The van der Waals surface area contributed by atoms with Gasteiger partial charge in [0.05, 0.1) is 17.5 Å². The lowest BCUT2D eigenvalue weighted by molar-refractivity contribution is -0.274. The monoisotopic (exact) mass is 313 g/mol. The summed E-state index contributed by atoms with van der Waals surface area (Å²) in [4.78, 5) is 25.8. The van der Waals surface area contributed by atoms with Crippen LogP contribution in [0.25, 0.3) is 0 Å². The first kappa shape index (κ1) is 14.9. The third-order valence-electron chi connectivity index (χ3n) is 4.17. The molecule has 1 aromatic rings. The molecule has 2 atom stereocenters. The van der Waals surface area contributed by atoms with E-state index in [9.17, 15) is 22.8 Å². The van der Waals surface area contributed by atoms with Gasteiger partial charge in [-0.05, 0) is 37.1 Å². The van der Waals surface area contributed by atoms with Crippen LogP contribution in [0.5, 0.6) is 5.75 Å². The summed E-state index contributed by atoms with van der Waals surface area (Å²) in [6.07, 6.45) is -1.53. The number of alkyl halides is 3. The van der Waals surface area contributed by atoms with Gasteiger partial charge in [-0.15, -0.1) is 13.2 Å². The molecule has 2 unspecified atom stereocenters. The molecule has 3 rings (SSSR count). The van der Waals surface area contributed by atoms with Crippen molar-refractivity contribution in [1.29, 1.82) is 0 Å². The minimum Gasteiger partial charge on any atom is -0.406 e. The average Bonchev–Trinajstić information content (AvgIpc) is 2.71. The van der Waals surface area contributed by atoms with Crippen molar-refractivity contribution in [3.63, 3.8) is 0 Å². The molecule has 0 aromatic heterocycles. The quantitative estimate of drug-likeness (QED) is 0.787. The van der Waals surface area contributed by atoms with E-state index in [4.69, 9.17) is 0 Å². The van der Waals surface area contributed by atoms with Crippen molar-refractivity contribution >= 4 is 17.5 Å². The smallest absolute Gasteiger partial charge is 0.406 e. The van der Waals surface area contributed by atoms with E-state index in [0.717, 1.165) is 29.9 Å². The van der Waals surface area contributed by atoms with E-state index in [-0.39, 0.29) is 29.4 Å². The van der Waals surface area contributed by atoms with Gasteiger partial charge in [0.25, 0.3) is 0 Å². The summed E-state index contributed by atoms with van der Waals surface area (Å²) in [5.41, 5.74) is 0.291. The molecule has 1 aliphatic heterocycles. The van der Waals surface area contributed by atoms with Crippen molar-refractivity contribution in [2.45, 2.75) is 32.0 Å². The average molecular weight is 313 g/mol. The molecule has 0 bridgehead atoms. The van der Waals surface area contributed by atoms with Crippen LogP contribution in [0.15, 0.2) is 24.3 Å². The molecule has 7 heteroatoms. The third kappa shape index (κ3) is 2.67. The zero-order valence-corrected chi connectivity index (χ0v) is 11.6. The normalized spacial score (nSPS) is 25.3. The summed E-state index contributed by atoms with van der Waals surface area (Å²) in [5, 5.41) is 0. The fourth-order valence-corrected chi connectivity index (χ4v) is 3.21. The Morgan fingerprint density at radius 3 is 1.91 bits per heavy atom. The molecular formula is C15H14F3NO3. The highest BCUT2D eigenvalue weighted by atomic mass is 19.4. The fourth-order valence-electron chi connectivity index (χ4n) is 3.21. The van der Waals surface area contributed by atoms with Crippen LogP contribution in [-0.4, -0.2) is 18.2 Å². The summed E-state index contributed by atoms with van der Waals surface area (Å²) in [6, 6.07) is 4.80.